The molecule has 1 atom stereocenters. The largest absolute Gasteiger partial charge is 0.388 e. The maximum absolute atomic E-state index is 10.1. The Morgan fingerprint density at radius 2 is 2.29 bits per heavy atom. The van der Waals surface area contributed by atoms with Crippen molar-refractivity contribution in [3.8, 4) is 0 Å². The molecule has 0 spiro atoms. The lowest BCUT2D eigenvalue weighted by Crippen LogP contribution is -2.07. The van der Waals surface area contributed by atoms with Crippen LogP contribution in [0, 0.1) is 0 Å². The summed E-state index contributed by atoms with van der Waals surface area (Å²) in [7, 11) is 1.80. The van der Waals surface area contributed by atoms with Crippen LogP contribution in [0.15, 0.2) is 29.0 Å². The lowest BCUT2D eigenvalue weighted by atomic mass is 10.1. The van der Waals surface area contributed by atoms with E-state index in [1.165, 1.54) is 6.33 Å². The molecule has 0 aliphatic heterocycles. The fourth-order valence-electron chi connectivity index (χ4n) is 1.52. The fraction of sp³-hybridized carbons (Fsp3) is 0.273. The van der Waals surface area contributed by atoms with Gasteiger partial charge in [-0.25, -0.2) is 4.98 Å². The van der Waals surface area contributed by atoms with E-state index in [2.05, 4.69) is 26.0 Å². The molecule has 0 aliphatic carbocycles. The van der Waals surface area contributed by atoms with Crippen molar-refractivity contribution in [1.29, 1.82) is 0 Å². The minimum absolute atomic E-state index is 0.411. The van der Waals surface area contributed by atoms with E-state index < -0.39 is 6.10 Å². The molecule has 0 bridgehead atoms. The quantitative estimate of drug-likeness (QED) is 0.946. The van der Waals surface area contributed by atoms with Crippen molar-refractivity contribution in [2.75, 3.05) is 0 Å². The van der Waals surface area contributed by atoms with Crippen molar-refractivity contribution in [1.82, 2.24) is 14.8 Å². The third kappa shape index (κ3) is 2.86. The first-order chi connectivity index (χ1) is 8.08. The number of hydrogen-bond acceptors (Lipinski definition) is 3. The van der Waals surface area contributed by atoms with Crippen LogP contribution < -0.4 is 0 Å². The molecule has 17 heavy (non-hydrogen) atoms. The molecule has 4 nitrogen and oxygen atoms in total. The highest BCUT2D eigenvalue weighted by molar-refractivity contribution is 9.10. The number of benzene rings is 1. The van der Waals surface area contributed by atoms with Crippen molar-refractivity contribution in [3.05, 3.63) is 45.4 Å². The maximum atomic E-state index is 10.1. The molecular weight excluding hydrogens is 305 g/mol. The van der Waals surface area contributed by atoms with E-state index in [1.807, 2.05) is 12.1 Å². The van der Waals surface area contributed by atoms with Crippen molar-refractivity contribution >= 4 is 27.5 Å². The van der Waals surface area contributed by atoms with Gasteiger partial charge in [0.15, 0.2) is 0 Å². The van der Waals surface area contributed by atoms with Gasteiger partial charge in [0.05, 0.1) is 11.1 Å². The monoisotopic (exact) mass is 315 g/mol. The third-order valence-electron chi connectivity index (χ3n) is 2.51. The highest BCUT2D eigenvalue weighted by atomic mass is 79.9. The van der Waals surface area contributed by atoms with E-state index in [9.17, 15) is 5.11 Å². The second-order valence-corrected chi connectivity index (χ2v) is 4.95. The zero-order valence-corrected chi connectivity index (χ0v) is 11.5. The van der Waals surface area contributed by atoms with Gasteiger partial charge in [0.2, 0.25) is 0 Å². The predicted molar refractivity (Wildman–Crippen MR) is 68.8 cm³/mol. The minimum Gasteiger partial charge on any atom is -0.388 e. The van der Waals surface area contributed by atoms with Gasteiger partial charge in [0.1, 0.15) is 12.2 Å². The number of aliphatic hydroxyl groups is 1. The van der Waals surface area contributed by atoms with E-state index >= 15 is 0 Å². The third-order valence-corrected chi connectivity index (χ3v) is 3.74. The van der Waals surface area contributed by atoms with Crippen LogP contribution in [-0.4, -0.2) is 19.9 Å². The lowest BCUT2D eigenvalue weighted by molar-refractivity contribution is 0.174. The number of aliphatic hydroxyl groups excluding tert-OH is 1. The van der Waals surface area contributed by atoms with Crippen molar-refractivity contribution in [2.24, 2.45) is 7.05 Å². The van der Waals surface area contributed by atoms with E-state index in [0.717, 1.165) is 15.9 Å². The van der Waals surface area contributed by atoms with Gasteiger partial charge in [-0.1, -0.05) is 17.7 Å². The maximum Gasteiger partial charge on any atom is 0.138 e. The topological polar surface area (TPSA) is 50.9 Å². The number of nitrogens with zero attached hydrogens (tertiary/aromatic N) is 3. The summed E-state index contributed by atoms with van der Waals surface area (Å²) in [6.07, 6.45) is 1.24. The molecule has 90 valence electrons. The molecule has 0 amide bonds. The summed E-state index contributed by atoms with van der Waals surface area (Å²) in [6.45, 7) is 0. The van der Waals surface area contributed by atoms with Crippen molar-refractivity contribution in [3.63, 3.8) is 0 Å². The molecule has 0 aliphatic rings. The molecule has 1 aromatic carbocycles. The summed E-state index contributed by atoms with van der Waals surface area (Å²) in [6, 6.07) is 5.39. The van der Waals surface area contributed by atoms with Crippen LogP contribution >= 0.6 is 27.5 Å². The first-order valence-corrected chi connectivity index (χ1v) is 6.21. The van der Waals surface area contributed by atoms with Crippen LogP contribution in [0.25, 0.3) is 0 Å². The van der Waals surface area contributed by atoms with Gasteiger partial charge in [-0.05, 0) is 33.6 Å². The molecule has 1 aromatic heterocycles. The number of rotatable bonds is 3. The average molecular weight is 317 g/mol. The highest BCUT2D eigenvalue weighted by Crippen LogP contribution is 2.27. The Bertz CT molecular complexity index is 529. The van der Waals surface area contributed by atoms with Crippen LogP contribution in [0.4, 0.5) is 0 Å². The second kappa shape index (κ2) is 5.16. The van der Waals surface area contributed by atoms with Crippen LogP contribution in [-0.2, 0) is 13.5 Å². The first kappa shape index (κ1) is 12.5. The molecule has 6 heteroatoms. The summed E-state index contributed by atoms with van der Waals surface area (Å²) in [4.78, 5) is 4.07. The molecule has 0 fully saturated rings. The Balaban J connectivity index is 2.17. The van der Waals surface area contributed by atoms with E-state index in [0.29, 0.717) is 11.4 Å². The van der Waals surface area contributed by atoms with Gasteiger partial charge in [0, 0.05) is 17.9 Å². The van der Waals surface area contributed by atoms with Gasteiger partial charge >= 0.3 is 0 Å². The van der Waals surface area contributed by atoms with Gasteiger partial charge in [-0.2, -0.15) is 5.10 Å². The summed E-state index contributed by atoms with van der Waals surface area (Å²) in [5.41, 5.74) is 0.765. The number of hydrogen-bond donors (Lipinski definition) is 1. The zero-order valence-electron chi connectivity index (χ0n) is 9.14. The summed E-state index contributed by atoms with van der Waals surface area (Å²) >= 11 is 9.29. The Kier molecular flexibility index (Phi) is 3.81. The van der Waals surface area contributed by atoms with Gasteiger partial charge in [-0.15, -0.1) is 0 Å². The Morgan fingerprint density at radius 1 is 1.53 bits per heavy atom. The molecule has 1 heterocycles. The summed E-state index contributed by atoms with van der Waals surface area (Å²) in [5.74, 6) is 0.733. The number of aryl methyl sites for hydroxylation is 1. The second-order valence-electron chi connectivity index (χ2n) is 3.69. The van der Waals surface area contributed by atoms with Crippen LogP contribution in [0.3, 0.4) is 0 Å². The highest BCUT2D eigenvalue weighted by Gasteiger charge is 2.13. The van der Waals surface area contributed by atoms with Crippen molar-refractivity contribution in [2.45, 2.75) is 12.5 Å². The lowest BCUT2D eigenvalue weighted by Gasteiger charge is -2.11. The Hall–Kier alpha value is -0.910. The molecule has 2 rings (SSSR count). The molecule has 1 N–H and O–H groups in total. The minimum atomic E-state index is -0.636. The fourth-order valence-corrected chi connectivity index (χ4v) is 1.95. The first-order valence-electron chi connectivity index (χ1n) is 5.04. The van der Waals surface area contributed by atoms with E-state index in [1.54, 1.807) is 17.8 Å². The van der Waals surface area contributed by atoms with E-state index in [4.69, 9.17) is 11.6 Å². The van der Waals surface area contributed by atoms with Crippen LogP contribution in [0.1, 0.15) is 17.5 Å². The van der Waals surface area contributed by atoms with Crippen LogP contribution in [0.5, 0.6) is 0 Å². The van der Waals surface area contributed by atoms with E-state index in [-0.39, 0.29) is 0 Å². The van der Waals surface area contributed by atoms with Gasteiger partial charge in [0.25, 0.3) is 0 Å². The molecule has 1 unspecified atom stereocenters. The number of halogens is 2. The predicted octanol–water partition coefficient (Wildman–Crippen LogP) is 2.51. The molecule has 0 radical (unpaired) electrons. The standard InChI is InChI=1S/C11H11BrClN3O/c1-16-11(14-6-15-16)5-10(17)7-2-3-8(12)9(13)4-7/h2-4,6,10,17H,5H2,1H3. The molecule has 0 saturated carbocycles. The SMILES string of the molecule is Cn1ncnc1CC(O)c1ccc(Br)c(Cl)c1. The van der Waals surface area contributed by atoms with Crippen LogP contribution in [0.2, 0.25) is 5.02 Å². The molecular formula is C11H11BrClN3O. The van der Waals surface area contributed by atoms with Gasteiger partial charge < -0.3 is 5.11 Å². The molecule has 0 saturated heterocycles. The molecule has 2 aromatic rings. The normalized spacial score (nSPS) is 12.7. The number of aromatic nitrogens is 3. The average Bonchev–Trinajstić information content (AvgIpc) is 2.68. The summed E-state index contributed by atoms with van der Waals surface area (Å²) in [5, 5.41) is 14.6. The Morgan fingerprint density at radius 3 is 2.88 bits per heavy atom. The van der Waals surface area contributed by atoms with Crippen molar-refractivity contribution < 1.29 is 5.11 Å². The smallest absolute Gasteiger partial charge is 0.138 e. The van der Waals surface area contributed by atoms with Gasteiger partial charge in [-0.3, -0.25) is 4.68 Å². The zero-order chi connectivity index (χ0) is 12.4. The summed E-state index contributed by atoms with van der Waals surface area (Å²) < 4.78 is 2.46. The Labute approximate surface area is 112 Å².